The number of Topliss-reactive ketones (excluding diaryl/α,β-unsaturated/α-hetero) is 1. The molecule has 0 spiro atoms. The molecule has 3 aromatic rings. The van der Waals surface area contributed by atoms with E-state index in [9.17, 15) is 37.1 Å². The Morgan fingerprint density at radius 3 is 2.48 bits per heavy atom. The van der Waals surface area contributed by atoms with Gasteiger partial charge in [-0.3, -0.25) is 19.4 Å². The monoisotopic (exact) mass is 461 g/mol. The van der Waals surface area contributed by atoms with Crippen LogP contribution in [0.4, 0.5) is 17.6 Å². The van der Waals surface area contributed by atoms with Crippen molar-refractivity contribution >= 4 is 34.3 Å². The summed E-state index contributed by atoms with van der Waals surface area (Å²) in [5, 5.41) is 9.41. The van der Waals surface area contributed by atoms with Gasteiger partial charge in [0.15, 0.2) is 5.78 Å². The molecule has 4 rings (SSSR count). The first-order valence-corrected chi connectivity index (χ1v) is 9.59. The first-order valence-electron chi connectivity index (χ1n) is 9.59. The lowest BCUT2D eigenvalue weighted by molar-refractivity contribution is -0.140. The average molecular weight is 461 g/mol. The zero-order valence-electron chi connectivity index (χ0n) is 16.7. The molecule has 0 unspecified atom stereocenters. The van der Waals surface area contributed by atoms with Gasteiger partial charge in [0.25, 0.3) is 0 Å². The highest BCUT2D eigenvalue weighted by molar-refractivity contribution is 6.26. The zero-order valence-corrected chi connectivity index (χ0v) is 16.7. The van der Waals surface area contributed by atoms with E-state index >= 15 is 0 Å². The molecule has 0 saturated heterocycles. The Hall–Kier alpha value is -4.02. The number of primary amides is 1. The summed E-state index contributed by atoms with van der Waals surface area (Å²) in [6.07, 6.45) is -5.52. The summed E-state index contributed by atoms with van der Waals surface area (Å²) in [4.78, 5) is 40.2. The van der Waals surface area contributed by atoms with Gasteiger partial charge in [-0.2, -0.15) is 13.2 Å². The number of hydrogen-bond acceptors (Lipinski definition) is 4. The van der Waals surface area contributed by atoms with Crippen molar-refractivity contribution in [3.8, 4) is 0 Å². The van der Waals surface area contributed by atoms with Gasteiger partial charge >= 0.3 is 12.1 Å². The van der Waals surface area contributed by atoms with E-state index in [1.807, 2.05) is 0 Å². The molecule has 1 aliphatic rings. The highest BCUT2D eigenvalue weighted by Gasteiger charge is 2.36. The quantitative estimate of drug-likeness (QED) is 0.567. The second kappa shape index (κ2) is 7.84. The molecule has 11 heteroatoms. The van der Waals surface area contributed by atoms with Crippen molar-refractivity contribution in [1.29, 1.82) is 0 Å². The predicted molar refractivity (Wildman–Crippen MR) is 109 cm³/mol. The smallest absolute Gasteiger partial charge is 0.419 e. The molecular formula is C22H15F4N3O4. The number of carboxylic acids is 1. The summed E-state index contributed by atoms with van der Waals surface area (Å²) < 4.78 is 55.7. The van der Waals surface area contributed by atoms with Crippen molar-refractivity contribution in [3.63, 3.8) is 0 Å². The molecule has 0 saturated carbocycles. The fourth-order valence-corrected chi connectivity index (χ4v) is 4.04. The minimum atomic E-state index is -4.93. The van der Waals surface area contributed by atoms with Gasteiger partial charge in [-0.05, 0) is 18.2 Å². The molecule has 0 aliphatic carbocycles. The molecule has 2 aromatic carbocycles. The van der Waals surface area contributed by atoms with E-state index in [2.05, 4.69) is 4.99 Å². The highest BCUT2D eigenvalue weighted by atomic mass is 19.4. The lowest BCUT2D eigenvalue weighted by atomic mass is 9.96. The number of hydrogen-bond donors (Lipinski definition) is 2. The van der Waals surface area contributed by atoms with Crippen molar-refractivity contribution in [2.24, 2.45) is 10.7 Å². The number of carbonyl (C=O) groups is 3. The van der Waals surface area contributed by atoms with Crippen molar-refractivity contribution in [3.05, 3.63) is 70.2 Å². The Balaban J connectivity index is 2.03. The number of benzene rings is 2. The number of rotatable bonds is 5. The van der Waals surface area contributed by atoms with Gasteiger partial charge in [0.05, 0.1) is 41.0 Å². The number of nitrogens with zero attached hydrogens (tertiary/aromatic N) is 2. The van der Waals surface area contributed by atoms with E-state index < -0.39 is 48.2 Å². The van der Waals surface area contributed by atoms with Crippen LogP contribution in [0.15, 0.2) is 41.4 Å². The van der Waals surface area contributed by atoms with Crippen molar-refractivity contribution < 1.29 is 37.1 Å². The Labute approximate surface area is 183 Å². The second-order valence-electron chi connectivity index (χ2n) is 7.41. The number of amides is 1. The molecular weight excluding hydrogens is 446 g/mol. The highest BCUT2D eigenvalue weighted by Crippen LogP contribution is 2.36. The molecule has 0 bridgehead atoms. The van der Waals surface area contributed by atoms with Crippen LogP contribution in [0.3, 0.4) is 0 Å². The van der Waals surface area contributed by atoms with Crippen LogP contribution in [0.1, 0.15) is 44.0 Å². The number of aliphatic carboxylic acids is 1. The van der Waals surface area contributed by atoms with E-state index in [-0.39, 0.29) is 45.5 Å². The minimum absolute atomic E-state index is 0.00848. The Bertz CT molecular complexity index is 1370. The standard InChI is InChI=1S/C22H15F4N3O4/c23-19-10(3-1-5-12(19)22(24,25)26)9-29-14-6-2-4-11(21(27)33)17(14)18-15(30)8-28-13(20(18)29)7-16(31)32/h1-6H,7-9H2,(H2,27,33)(H,31,32). The van der Waals surface area contributed by atoms with Gasteiger partial charge in [-0.15, -0.1) is 0 Å². The maximum absolute atomic E-state index is 14.8. The number of aromatic nitrogens is 1. The molecule has 3 N–H and O–H groups in total. The van der Waals surface area contributed by atoms with Gasteiger partial charge in [0, 0.05) is 16.5 Å². The topological polar surface area (TPSA) is 115 Å². The van der Waals surface area contributed by atoms with Gasteiger partial charge < -0.3 is 15.4 Å². The maximum Gasteiger partial charge on any atom is 0.419 e. The number of alkyl halides is 3. The Kier molecular flexibility index (Phi) is 5.27. The molecule has 1 aromatic heterocycles. The lowest BCUT2D eigenvalue weighted by Crippen LogP contribution is -2.24. The number of aliphatic imine (C=N–C) groups is 1. The summed E-state index contributed by atoms with van der Waals surface area (Å²) in [5.41, 5.74) is 3.81. The number of carboxylic acid groups (broad SMARTS) is 1. The third kappa shape index (κ3) is 3.75. The summed E-state index contributed by atoms with van der Waals surface area (Å²) in [6.45, 7) is -0.852. The molecule has 1 aliphatic heterocycles. The number of nitrogens with two attached hydrogens (primary N) is 1. The lowest BCUT2D eigenvalue weighted by Gasteiger charge is -2.17. The second-order valence-corrected chi connectivity index (χ2v) is 7.41. The van der Waals surface area contributed by atoms with E-state index in [4.69, 9.17) is 5.73 Å². The van der Waals surface area contributed by atoms with Gasteiger partial charge in [0.1, 0.15) is 12.4 Å². The zero-order chi connectivity index (χ0) is 24.1. The van der Waals surface area contributed by atoms with E-state index in [0.717, 1.165) is 12.1 Å². The molecule has 1 amide bonds. The molecule has 0 atom stereocenters. The fraction of sp³-hybridized carbons (Fsp3) is 0.182. The normalized spacial score (nSPS) is 13.7. The van der Waals surface area contributed by atoms with Crippen molar-refractivity contribution in [1.82, 2.24) is 4.57 Å². The number of carbonyl (C=O) groups excluding carboxylic acids is 2. The van der Waals surface area contributed by atoms with E-state index in [1.165, 1.54) is 22.8 Å². The van der Waals surface area contributed by atoms with Gasteiger partial charge in [-0.25, -0.2) is 4.39 Å². The summed E-state index contributed by atoms with van der Waals surface area (Å²) in [5.74, 6) is -4.14. The third-order valence-electron chi connectivity index (χ3n) is 5.35. The number of ketones is 1. The summed E-state index contributed by atoms with van der Waals surface area (Å²) in [6, 6.07) is 7.11. The van der Waals surface area contributed by atoms with Crippen LogP contribution < -0.4 is 5.73 Å². The van der Waals surface area contributed by atoms with Crippen molar-refractivity contribution in [2.45, 2.75) is 19.1 Å². The van der Waals surface area contributed by atoms with Gasteiger partial charge in [0.2, 0.25) is 5.91 Å². The Morgan fingerprint density at radius 1 is 1.15 bits per heavy atom. The van der Waals surface area contributed by atoms with Gasteiger partial charge in [-0.1, -0.05) is 18.2 Å². The van der Waals surface area contributed by atoms with Crippen LogP contribution >= 0.6 is 0 Å². The fourth-order valence-electron chi connectivity index (χ4n) is 4.04. The SMILES string of the molecule is NC(=O)c1cccc2c1c1c(n2Cc2cccc(C(F)(F)F)c2F)C(CC(=O)O)=NCC1=O. The molecule has 7 nitrogen and oxygen atoms in total. The first kappa shape index (κ1) is 22.2. The van der Waals surface area contributed by atoms with Crippen LogP contribution in [0.2, 0.25) is 0 Å². The Morgan fingerprint density at radius 2 is 1.85 bits per heavy atom. The summed E-state index contributed by atoms with van der Waals surface area (Å²) >= 11 is 0. The maximum atomic E-state index is 14.8. The number of halogens is 4. The minimum Gasteiger partial charge on any atom is -0.481 e. The predicted octanol–water partition coefficient (Wildman–Crippen LogP) is 3.41. The molecule has 0 radical (unpaired) electrons. The van der Waals surface area contributed by atoms with E-state index in [0.29, 0.717) is 6.07 Å². The molecule has 33 heavy (non-hydrogen) atoms. The third-order valence-corrected chi connectivity index (χ3v) is 5.35. The molecule has 170 valence electrons. The van der Waals surface area contributed by atoms with Crippen LogP contribution in [0, 0.1) is 5.82 Å². The molecule has 0 fully saturated rings. The number of fused-ring (bicyclic) bond motifs is 3. The first-order chi connectivity index (χ1) is 15.5. The van der Waals surface area contributed by atoms with Crippen LogP contribution in [-0.2, 0) is 17.5 Å². The van der Waals surface area contributed by atoms with Crippen molar-refractivity contribution in [2.75, 3.05) is 6.54 Å². The van der Waals surface area contributed by atoms with Crippen LogP contribution in [0.25, 0.3) is 10.9 Å². The van der Waals surface area contributed by atoms with Crippen LogP contribution in [0.5, 0.6) is 0 Å². The summed E-state index contributed by atoms with van der Waals surface area (Å²) in [7, 11) is 0. The van der Waals surface area contributed by atoms with E-state index in [1.54, 1.807) is 0 Å². The molecule has 2 heterocycles. The van der Waals surface area contributed by atoms with Crippen LogP contribution in [-0.4, -0.2) is 39.6 Å². The largest absolute Gasteiger partial charge is 0.481 e. The average Bonchev–Trinajstić information content (AvgIpc) is 3.06.